The average Bonchev–Trinajstić information content (AvgIpc) is 2.89. The summed E-state index contributed by atoms with van der Waals surface area (Å²) >= 11 is 1.01. The molecule has 3 rings (SSSR count). The summed E-state index contributed by atoms with van der Waals surface area (Å²) in [6.07, 6.45) is 3.70. The Balaban J connectivity index is 1.93. The monoisotopic (exact) mass is 312 g/mol. The molecular weight excluding hydrogens is 296 g/mol. The van der Waals surface area contributed by atoms with Crippen molar-refractivity contribution in [2.75, 3.05) is 0 Å². The van der Waals surface area contributed by atoms with Gasteiger partial charge in [0.25, 0.3) is 0 Å². The number of nitrogens with zero attached hydrogens (tertiary/aromatic N) is 2. The summed E-state index contributed by atoms with van der Waals surface area (Å²) in [4.78, 5) is 0.182. The van der Waals surface area contributed by atoms with Gasteiger partial charge >= 0.3 is 0 Å². The van der Waals surface area contributed by atoms with Gasteiger partial charge in [-0.2, -0.15) is 8.75 Å². The molecular formula is C12H16N4O2S2. The van der Waals surface area contributed by atoms with Crippen LogP contribution in [0, 0.1) is 0 Å². The van der Waals surface area contributed by atoms with Crippen LogP contribution in [0.15, 0.2) is 23.1 Å². The zero-order valence-corrected chi connectivity index (χ0v) is 12.5. The molecule has 1 fully saturated rings. The van der Waals surface area contributed by atoms with E-state index in [2.05, 4.69) is 13.5 Å². The van der Waals surface area contributed by atoms with Crippen LogP contribution in [-0.4, -0.2) is 29.2 Å². The molecule has 0 amide bonds. The van der Waals surface area contributed by atoms with Gasteiger partial charge in [-0.25, -0.2) is 13.1 Å². The fourth-order valence-electron chi connectivity index (χ4n) is 2.57. The largest absolute Gasteiger partial charge is 0.326 e. The number of sulfonamides is 1. The van der Waals surface area contributed by atoms with Gasteiger partial charge < -0.3 is 5.73 Å². The van der Waals surface area contributed by atoms with E-state index in [0.717, 1.165) is 37.4 Å². The Labute approximate surface area is 121 Å². The lowest BCUT2D eigenvalue weighted by molar-refractivity contribution is 0.361. The molecule has 1 saturated carbocycles. The molecule has 0 radical (unpaired) electrons. The quantitative estimate of drug-likeness (QED) is 0.888. The highest BCUT2D eigenvalue weighted by atomic mass is 32.2. The van der Waals surface area contributed by atoms with E-state index in [9.17, 15) is 8.42 Å². The van der Waals surface area contributed by atoms with Crippen molar-refractivity contribution in [1.29, 1.82) is 0 Å². The van der Waals surface area contributed by atoms with Gasteiger partial charge in [0.05, 0.1) is 11.7 Å². The lowest BCUT2D eigenvalue weighted by Crippen LogP contribution is -2.49. The molecule has 0 unspecified atom stereocenters. The van der Waals surface area contributed by atoms with Crippen LogP contribution in [0.2, 0.25) is 0 Å². The molecule has 0 spiro atoms. The Bertz CT molecular complexity index is 713. The highest BCUT2D eigenvalue weighted by Crippen LogP contribution is 2.23. The van der Waals surface area contributed by atoms with Gasteiger partial charge in [0, 0.05) is 12.1 Å². The number of nitrogens with one attached hydrogen (secondary N) is 1. The van der Waals surface area contributed by atoms with E-state index in [1.54, 1.807) is 18.2 Å². The molecule has 1 aromatic carbocycles. The lowest BCUT2D eigenvalue weighted by atomic mass is 9.92. The predicted molar refractivity (Wildman–Crippen MR) is 78.0 cm³/mol. The average molecular weight is 312 g/mol. The normalized spacial score (nSPS) is 24.1. The lowest BCUT2D eigenvalue weighted by Gasteiger charge is -2.29. The van der Waals surface area contributed by atoms with E-state index < -0.39 is 10.0 Å². The molecule has 2 atom stereocenters. The van der Waals surface area contributed by atoms with Crippen LogP contribution < -0.4 is 10.5 Å². The second-order valence-electron chi connectivity index (χ2n) is 5.06. The van der Waals surface area contributed by atoms with Crippen LogP contribution >= 0.6 is 11.7 Å². The first kappa shape index (κ1) is 13.9. The summed E-state index contributed by atoms with van der Waals surface area (Å²) < 4.78 is 35.9. The maximum atomic E-state index is 12.5. The van der Waals surface area contributed by atoms with Crippen molar-refractivity contribution in [2.24, 2.45) is 5.73 Å². The summed E-state index contributed by atoms with van der Waals surface area (Å²) in [6.45, 7) is 0. The summed E-state index contributed by atoms with van der Waals surface area (Å²) in [5.74, 6) is 0. The molecule has 1 aliphatic rings. The van der Waals surface area contributed by atoms with E-state index in [-0.39, 0.29) is 17.0 Å². The number of aromatic nitrogens is 2. The van der Waals surface area contributed by atoms with E-state index in [1.807, 2.05) is 0 Å². The number of rotatable bonds is 3. The molecule has 6 nitrogen and oxygen atoms in total. The molecule has 8 heteroatoms. The minimum Gasteiger partial charge on any atom is -0.326 e. The summed E-state index contributed by atoms with van der Waals surface area (Å²) in [6, 6.07) is 4.67. The standard InChI is InChI=1S/C12H16N4O2S2/c13-8-4-1-2-5-9(8)16-20(17,18)11-7-3-6-10-12(11)15-19-14-10/h3,6-9,16H,1-2,4-5,13H2/t8-,9-/m1/s1. The number of benzene rings is 1. The summed E-state index contributed by atoms with van der Waals surface area (Å²) in [5.41, 5.74) is 7.03. The molecule has 0 bridgehead atoms. The number of hydrogen-bond acceptors (Lipinski definition) is 6. The van der Waals surface area contributed by atoms with Gasteiger partial charge in [-0.15, -0.1) is 0 Å². The Morgan fingerprint density at radius 1 is 1.25 bits per heavy atom. The van der Waals surface area contributed by atoms with Crippen LogP contribution in [0.1, 0.15) is 25.7 Å². The second kappa shape index (κ2) is 5.36. The van der Waals surface area contributed by atoms with Crippen molar-refractivity contribution in [3.63, 3.8) is 0 Å². The molecule has 108 valence electrons. The molecule has 3 N–H and O–H groups in total. The topological polar surface area (TPSA) is 98.0 Å². The van der Waals surface area contributed by atoms with E-state index in [0.29, 0.717) is 11.0 Å². The third-order valence-corrected chi connectivity index (χ3v) is 5.73. The van der Waals surface area contributed by atoms with Gasteiger partial charge in [0.15, 0.2) is 0 Å². The van der Waals surface area contributed by atoms with Crippen LogP contribution in [-0.2, 0) is 10.0 Å². The molecule has 1 heterocycles. The summed E-state index contributed by atoms with van der Waals surface area (Å²) in [7, 11) is -3.62. The fraction of sp³-hybridized carbons (Fsp3) is 0.500. The maximum Gasteiger partial charge on any atom is 0.243 e. The van der Waals surface area contributed by atoms with Crippen LogP contribution in [0.3, 0.4) is 0 Å². The van der Waals surface area contributed by atoms with Gasteiger partial charge in [-0.3, -0.25) is 0 Å². The third kappa shape index (κ3) is 2.56. The van der Waals surface area contributed by atoms with E-state index in [4.69, 9.17) is 5.73 Å². The van der Waals surface area contributed by atoms with Crippen molar-refractivity contribution in [3.05, 3.63) is 18.2 Å². The number of nitrogens with two attached hydrogens (primary N) is 1. The predicted octanol–water partition coefficient (Wildman–Crippen LogP) is 1.24. The molecule has 0 aliphatic heterocycles. The number of fused-ring (bicyclic) bond motifs is 1. The zero-order chi connectivity index (χ0) is 14.2. The van der Waals surface area contributed by atoms with Crippen molar-refractivity contribution < 1.29 is 8.42 Å². The molecule has 0 saturated heterocycles. The highest BCUT2D eigenvalue weighted by molar-refractivity contribution is 7.89. The van der Waals surface area contributed by atoms with Crippen molar-refractivity contribution in [3.8, 4) is 0 Å². The Hall–Kier alpha value is -1.09. The minimum atomic E-state index is -3.62. The van der Waals surface area contributed by atoms with Crippen LogP contribution in [0.25, 0.3) is 11.0 Å². The first-order valence-electron chi connectivity index (χ1n) is 6.57. The molecule has 20 heavy (non-hydrogen) atoms. The Morgan fingerprint density at radius 3 is 2.85 bits per heavy atom. The van der Waals surface area contributed by atoms with Gasteiger partial charge in [-0.05, 0) is 25.0 Å². The minimum absolute atomic E-state index is 0.119. The first-order valence-corrected chi connectivity index (χ1v) is 8.78. The van der Waals surface area contributed by atoms with Gasteiger partial charge in [0.2, 0.25) is 10.0 Å². The molecule has 1 aromatic heterocycles. The van der Waals surface area contributed by atoms with E-state index >= 15 is 0 Å². The Morgan fingerprint density at radius 2 is 2.05 bits per heavy atom. The second-order valence-corrected chi connectivity index (χ2v) is 7.28. The highest BCUT2D eigenvalue weighted by Gasteiger charge is 2.28. The van der Waals surface area contributed by atoms with Gasteiger partial charge in [-0.1, -0.05) is 18.9 Å². The molecule has 1 aliphatic carbocycles. The maximum absolute atomic E-state index is 12.5. The van der Waals surface area contributed by atoms with Crippen LogP contribution in [0.4, 0.5) is 0 Å². The Kier molecular flexibility index (Phi) is 3.72. The SMILES string of the molecule is N[C@@H]1CCCC[C@H]1NS(=O)(=O)c1cccc2nsnc12. The van der Waals surface area contributed by atoms with Crippen molar-refractivity contribution in [1.82, 2.24) is 13.5 Å². The first-order chi connectivity index (χ1) is 9.58. The third-order valence-electron chi connectivity index (χ3n) is 3.66. The van der Waals surface area contributed by atoms with Crippen molar-refractivity contribution in [2.45, 2.75) is 42.7 Å². The van der Waals surface area contributed by atoms with E-state index in [1.165, 1.54) is 0 Å². The zero-order valence-electron chi connectivity index (χ0n) is 10.8. The van der Waals surface area contributed by atoms with Crippen molar-refractivity contribution >= 4 is 32.8 Å². The van der Waals surface area contributed by atoms with Gasteiger partial charge in [0.1, 0.15) is 15.9 Å². The molecule has 2 aromatic rings. The number of hydrogen-bond donors (Lipinski definition) is 2. The smallest absolute Gasteiger partial charge is 0.243 e. The fourth-order valence-corrected chi connectivity index (χ4v) is 4.65. The summed E-state index contributed by atoms with van der Waals surface area (Å²) in [5, 5.41) is 0. The van der Waals surface area contributed by atoms with Crippen LogP contribution in [0.5, 0.6) is 0 Å².